The summed E-state index contributed by atoms with van der Waals surface area (Å²) in [4.78, 5) is 27.7. The number of rotatable bonds is 8. The van der Waals surface area contributed by atoms with Gasteiger partial charge in [-0.15, -0.1) is 11.3 Å². The van der Waals surface area contributed by atoms with E-state index in [1.165, 1.54) is 11.3 Å². The van der Waals surface area contributed by atoms with E-state index in [9.17, 15) is 9.59 Å². The highest BCUT2D eigenvalue weighted by Gasteiger charge is 2.18. The zero-order valence-electron chi connectivity index (χ0n) is 14.5. The van der Waals surface area contributed by atoms with Gasteiger partial charge in [-0.05, 0) is 29.8 Å². The number of nitrogens with one attached hydrogen (secondary N) is 1. The number of primary amides is 1. The molecule has 2 amide bonds. The first-order valence-electron chi connectivity index (χ1n) is 8.38. The summed E-state index contributed by atoms with van der Waals surface area (Å²) in [7, 11) is 0. The van der Waals surface area contributed by atoms with Gasteiger partial charge in [0.15, 0.2) is 5.13 Å². The van der Waals surface area contributed by atoms with E-state index in [1.54, 1.807) is 5.38 Å². The Kier molecular flexibility index (Phi) is 6.26. The molecule has 2 aromatic heterocycles. The van der Waals surface area contributed by atoms with Crippen LogP contribution in [0.4, 0.5) is 5.13 Å². The SMILES string of the molecule is NC(=O)Cc1csc(NC(=O)C[C@H](Cn2cccc2)c2ccc(Cl)cc2)n1. The van der Waals surface area contributed by atoms with Crippen LogP contribution >= 0.6 is 22.9 Å². The van der Waals surface area contributed by atoms with Gasteiger partial charge in [0.1, 0.15) is 0 Å². The van der Waals surface area contributed by atoms with Crippen molar-refractivity contribution in [2.45, 2.75) is 25.3 Å². The summed E-state index contributed by atoms with van der Waals surface area (Å²) in [6.45, 7) is 0.673. The lowest BCUT2D eigenvalue weighted by atomic mass is 9.95. The fourth-order valence-corrected chi connectivity index (χ4v) is 3.64. The van der Waals surface area contributed by atoms with Crippen LogP contribution in [-0.2, 0) is 22.6 Å². The highest BCUT2D eigenvalue weighted by molar-refractivity contribution is 7.13. The summed E-state index contributed by atoms with van der Waals surface area (Å²) >= 11 is 7.26. The average Bonchev–Trinajstić information content (AvgIpc) is 3.26. The van der Waals surface area contributed by atoms with E-state index in [1.807, 2.05) is 53.4 Å². The Hall–Kier alpha value is -2.64. The Morgan fingerprint density at radius 2 is 1.93 bits per heavy atom. The van der Waals surface area contributed by atoms with Crippen LogP contribution in [0.3, 0.4) is 0 Å². The molecule has 0 aliphatic heterocycles. The van der Waals surface area contributed by atoms with Crippen molar-refractivity contribution in [3.8, 4) is 0 Å². The molecule has 8 heteroatoms. The number of hydrogen-bond donors (Lipinski definition) is 2. The van der Waals surface area contributed by atoms with Crippen molar-refractivity contribution >= 4 is 39.9 Å². The van der Waals surface area contributed by atoms with Gasteiger partial charge in [0.2, 0.25) is 11.8 Å². The molecule has 0 spiro atoms. The minimum atomic E-state index is -0.451. The van der Waals surface area contributed by atoms with Crippen LogP contribution in [0, 0.1) is 0 Å². The van der Waals surface area contributed by atoms with Gasteiger partial charge < -0.3 is 15.6 Å². The lowest BCUT2D eigenvalue weighted by Gasteiger charge is -2.18. The molecule has 0 saturated heterocycles. The zero-order valence-corrected chi connectivity index (χ0v) is 16.0. The number of halogens is 1. The lowest BCUT2D eigenvalue weighted by Crippen LogP contribution is -2.19. The number of aromatic nitrogens is 2. The Labute approximate surface area is 166 Å². The van der Waals surface area contributed by atoms with Gasteiger partial charge in [-0.1, -0.05) is 23.7 Å². The molecule has 0 fully saturated rings. The molecular formula is C19H19ClN4O2S. The Morgan fingerprint density at radius 1 is 1.22 bits per heavy atom. The molecule has 0 aliphatic carbocycles. The summed E-state index contributed by atoms with van der Waals surface area (Å²) in [5.74, 6) is -0.602. The number of anilines is 1. The third kappa shape index (κ3) is 5.67. The second-order valence-corrected chi connectivity index (χ2v) is 7.46. The first-order valence-corrected chi connectivity index (χ1v) is 9.64. The molecular weight excluding hydrogens is 384 g/mol. The summed E-state index contributed by atoms with van der Waals surface area (Å²) in [5.41, 5.74) is 6.77. The van der Waals surface area contributed by atoms with Crippen molar-refractivity contribution in [3.05, 3.63) is 70.5 Å². The molecule has 1 aromatic carbocycles. The van der Waals surface area contributed by atoms with Crippen LogP contribution < -0.4 is 11.1 Å². The van der Waals surface area contributed by atoms with Crippen LogP contribution in [0.25, 0.3) is 0 Å². The Morgan fingerprint density at radius 3 is 2.59 bits per heavy atom. The van der Waals surface area contributed by atoms with Crippen molar-refractivity contribution in [1.82, 2.24) is 9.55 Å². The number of thiazole rings is 1. The number of carbonyl (C=O) groups excluding carboxylic acids is 2. The first-order chi connectivity index (χ1) is 13.0. The third-order valence-corrected chi connectivity index (χ3v) is 5.08. The fourth-order valence-electron chi connectivity index (χ4n) is 2.79. The van der Waals surface area contributed by atoms with Gasteiger partial charge in [0, 0.05) is 41.7 Å². The summed E-state index contributed by atoms with van der Waals surface area (Å²) in [5, 5.41) is 5.65. The molecule has 1 atom stereocenters. The van der Waals surface area contributed by atoms with Crippen LogP contribution in [0.1, 0.15) is 23.6 Å². The largest absolute Gasteiger partial charge is 0.369 e. The minimum absolute atomic E-state index is 0.0141. The standard InChI is InChI=1S/C19H19ClN4O2S/c20-15-5-3-13(4-6-15)14(11-24-7-1-2-8-24)9-18(26)23-19-22-16(12-27-19)10-17(21)25/h1-8,12,14H,9-11H2,(H2,21,25)(H,22,23,26)/t14-/m1/s1. The van der Waals surface area contributed by atoms with Gasteiger partial charge >= 0.3 is 0 Å². The van der Waals surface area contributed by atoms with E-state index in [0.29, 0.717) is 28.8 Å². The molecule has 3 aromatic rings. The van der Waals surface area contributed by atoms with Crippen LogP contribution in [0.2, 0.25) is 5.02 Å². The van der Waals surface area contributed by atoms with Gasteiger partial charge in [-0.2, -0.15) is 0 Å². The van der Waals surface area contributed by atoms with E-state index in [2.05, 4.69) is 10.3 Å². The average molecular weight is 403 g/mol. The molecule has 0 bridgehead atoms. The van der Waals surface area contributed by atoms with Crippen molar-refractivity contribution in [2.24, 2.45) is 5.73 Å². The predicted molar refractivity (Wildman–Crippen MR) is 107 cm³/mol. The summed E-state index contributed by atoms with van der Waals surface area (Å²) in [6.07, 6.45) is 4.30. The third-order valence-electron chi connectivity index (χ3n) is 4.02. The van der Waals surface area contributed by atoms with E-state index in [0.717, 1.165) is 5.56 Å². The number of benzene rings is 1. The van der Waals surface area contributed by atoms with Gasteiger partial charge in [0.05, 0.1) is 12.1 Å². The Bertz CT molecular complexity index is 906. The van der Waals surface area contributed by atoms with E-state index in [4.69, 9.17) is 17.3 Å². The van der Waals surface area contributed by atoms with Gasteiger partial charge in [0.25, 0.3) is 0 Å². The number of carbonyl (C=O) groups is 2. The van der Waals surface area contributed by atoms with E-state index in [-0.39, 0.29) is 18.2 Å². The first kappa shape index (κ1) is 19.1. The number of hydrogen-bond acceptors (Lipinski definition) is 4. The molecule has 6 nitrogen and oxygen atoms in total. The van der Waals surface area contributed by atoms with Crippen molar-refractivity contribution < 1.29 is 9.59 Å². The normalized spacial score (nSPS) is 11.9. The molecule has 0 unspecified atom stereocenters. The van der Waals surface area contributed by atoms with E-state index < -0.39 is 5.91 Å². The lowest BCUT2D eigenvalue weighted by molar-refractivity contribution is -0.117. The molecule has 0 saturated carbocycles. The van der Waals surface area contributed by atoms with Crippen molar-refractivity contribution in [3.63, 3.8) is 0 Å². The van der Waals surface area contributed by atoms with Crippen LogP contribution in [0.5, 0.6) is 0 Å². The van der Waals surface area contributed by atoms with Gasteiger partial charge in [-0.25, -0.2) is 4.98 Å². The number of nitrogens with two attached hydrogens (primary N) is 1. The van der Waals surface area contributed by atoms with Crippen LogP contribution in [0.15, 0.2) is 54.2 Å². The fraction of sp³-hybridized carbons (Fsp3) is 0.211. The smallest absolute Gasteiger partial charge is 0.226 e. The summed E-state index contributed by atoms with van der Waals surface area (Å²) in [6, 6.07) is 11.4. The molecule has 3 N–H and O–H groups in total. The molecule has 0 aliphatic rings. The van der Waals surface area contributed by atoms with E-state index >= 15 is 0 Å². The highest BCUT2D eigenvalue weighted by Crippen LogP contribution is 2.25. The second-order valence-electron chi connectivity index (χ2n) is 6.17. The monoisotopic (exact) mass is 402 g/mol. The number of amides is 2. The van der Waals surface area contributed by atoms with Gasteiger partial charge in [-0.3, -0.25) is 9.59 Å². The number of nitrogens with zero attached hydrogens (tertiary/aromatic N) is 2. The van der Waals surface area contributed by atoms with Crippen molar-refractivity contribution in [1.29, 1.82) is 0 Å². The van der Waals surface area contributed by atoms with Crippen molar-refractivity contribution in [2.75, 3.05) is 5.32 Å². The summed E-state index contributed by atoms with van der Waals surface area (Å²) < 4.78 is 2.04. The Balaban J connectivity index is 1.69. The highest BCUT2D eigenvalue weighted by atomic mass is 35.5. The maximum atomic E-state index is 12.6. The minimum Gasteiger partial charge on any atom is -0.369 e. The molecule has 27 heavy (non-hydrogen) atoms. The molecule has 140 valence electrons. The topological polar surface area (TPSA) is 90.0 Å². The van der Waals surface area contributed by atoms with Crippen LogP contribution in [-0.4, -0.2) is 21.4 Å². The zero-order chi connectivity index (χ0) is 19.2. The second kappa shape index (κ2) is 8.83. The molecule has 2 heterocycles. The molecule has 0 radical (unpaired) electrons. The maximum absolute atomic E-state index is 12.6. The molecule has 3 rings (SSSR count). The quantitative estimate of drug-likeness (QED) is 0.604. The maximum Gasteiger partial charge on any atom is 0.226 e. The predicted octanol–water partition coefficient (Wildman–Crippen LogP) is 3.44.